The Hall–Kier alpha value is -0.840. The zero-order valence-electron chi connectivity index (χ0n) is 11.6. The van der Waals surface area contributed by atoms with Gasteiger partial charge in [-0.1, -0.05) is 12.1 Å². The molecule has 0 amide bonds. The number of thiophene rings is 1. The molecular weight excluding hydrogens is 322 g/mol. The number of aryl methyl sites for hydroxylation is 1. The van der Waals surface area contributed by atoms with E-state index in [-0.39, 0.29) is 6.04 Å². The average Bonchev–Trinajstić information content (AvgIpc) is 2.81. The van der Waals surface area contributed by atoms with Gasteiger partial charge in [0.2, 0.25) is 0 Å². The first-order valence-corrected chi connectivity index (χ1v) is 7.81. The molecule has 0 saturated heterocycles. The second-order valence-electron chi connectivity index (χ2n) is 4.54. The molecule has 0 saturated carbocycles. The highest BCUT2D eigenvalue weighted by Gasteiger charge is 2.19. The third-order valence-electron chi connectivity index (χ3n) is 3.43. The Bertz CT molecular complexity index is 580. The van der Waals surface area contributed by atoms with Crippen LogP contribution in [0.1, 0.15) is 28.3 Å². The molecule has 0 aliphatic carbocycles. The van der Waals surface area contributed by atoms with Crippen molar-refractivity contribution in [3.8, 4) is 5.75 Å². The first-order valence-electron chi connectivity index (χ1n) is 6.13. The number of ether oxygens (including phenoxy) is 1. The molecule has 4 heteroatoms. The van der Waals surface area contributed by atoms with Crippen LogP contribution in [0.3, 0.4) is 0 Å². The number of hydrogen-bond acceptors (Lipinski definition) is 3. The summed E-state index contributed by atoms with van der Waals surface area (Å²) in [5.74, 6) is 0.974. The van der Waals surface area contributed by atoms with Crippen molar-refractivity contribution in [2.75, 3.05) is 14.2 Å². The zero-order chi connectivity index (χ0) is 14.0. The van der Waals surface area contributed by atoms with E-state index in [4.69, 9.17) is 4.74 Å². The van der Waals surface area contributed by atoms with Gasteiger partial charge >= 0.3 is 0 Å². The fraction of sp³-hybridized carbons (Fsp3) is 0.333. The minimum atomic E-state index is 0.150. The smallest absolute Gasteiger partial charge is 0.127 e. The van der Waals surface area contributed by atoms with Crippen LogP contribution in [-0.4, -0.2) is 14.2 Å². The standard InChI is InChI=1S/C15H18BrNOS/c1-9-5-6-12(15(18-4)10(9)2)14(17-3)11-7-13(16)19-8-11/h5-8,14,17H,1-4H3. The third kappa shape index (κ3) is 2.86. The van der Waals surface area contributed by atoms with Crippen LogP contribution in [0.2, 0.25) is 0 Å². The summed E-state index contributed by atoms with van der Waals surface area (Å²) in [7, 11) is 3.71. The zero-order valence-corrected chi connectivity index (χ0v) is 14.0. The number of nitrogens with one attached hydrogen (secondary N) is 1. The van der Waals surface area contributed by atoms with Crippen molar-refractivity contribution in [1.82, 2.24) is 5.32 Å². The molecule has 2 nitrogen and oxygen atoms in total. The van der Waals surface area contributed by atoms with Gasteiger partial charge in [-0.2, -0.15) is 0 Å². The van der Waals surface area contributed by atoms with Crippen LogP contribution in [0.4, 0.5) is 0 Å². The second kappa shape index (κ2) is 6.07. The Kier molecular flexibility index (Phi) is 4.66. The van der Waals surface area contributed by atoms with E-state index < -0.39 is 0 Å². The maximum atomic E-state index is 5.62. The van der Waals surface area contributed by atoms with E-state index >= 15 is 0 Å². The van der Waals surface area contributed by atoms with E-state index in [1.54, 1.807) is 18.4 Å². The van der Waals surface area contributed by atoms with Crippen LogP contribution in [-0.2, 0) is 0 Å². The minimum absolute atomic E-state index is 0.150. The molecule has 1 atom stereocenters. The van der Waals surface area contributed by atoms with Gasteiger partial charge in [-0.3, -0.25) is 0 Å². The van der Waals surface area contributed by atoms with Crippen molar-refractivity contribution < 1.29 is 4.74 Å². The van der Waals surface area contributed by atoms with Crippen molar-refractivity contribution >= 4 is 27.3 Å². The van der Waals surface area contributed by atoms with Crippen molar-refractivity contribution in [3.63, 3.8) is 0 Å². The van der Waals surface area contributed by atoms with E-state index in [0.29, 0.717) is 0 Å². The van der Waals surface area contributed by atoms with Gasteiger partial charge in [0.15, 0.2) is 0 Å². The molecule has 1 aromatic heterocycles. The van der Waals surface area contributed by atoms with Gasteiger partial charge in [-0.05, 0) is 65.0 Å². The minimum Gasteiger partial charge on any atom is -0.496 e. The predicted molar refractivity (Wildman–Crippen MR) is 85.4 cm³/mol. The maximum absolute atomic E-state index is 5.62. The Balaban J connectivity index is 2.52. The maximum Gasteiger partial charge on any atom is 0.127 e. The van der Waals surface area contributed by atoms with E-state index in [0.717, 1.165) is 9.54 Å². The summed E-state index contributed by atoms with van der Waals surface area (Å²) < 4.78 is 6.76. The molecule has 1 heterocycles. The molecule has 2 rings (SSSR count). The molecule has 0 aliphatic rings. The van der Waals surface area contributed by atoms with Crippen molar-refractivity contribution in [3.05, 3.63) is 49.6 Å². The summed E-state index contributed by atoms with van der Waals surface area (Å²) in [4.78, 5) is 0. The first-order chi connectivity index (χ1) is 9.08. The van der Waals surface area contributed by atoms with Gasteiger partial charge in [0.1, 0.15) is 5.75 Å². The van der Waals surface area contributed by atoms with Gasteiger partial charge in [-0.15, -0.1) is 11.3 Å². The fourth-order valence-corrected chi connectivity index (χ4v) is 3.49. The quantitative estimate of drug-likeness (QED) is 0.888. The Morgan fingerprint density at radius 3 is 2.58 bits per heavy atom. The summed E-state index contributed by atoms with van der Waals surface area (Å²) in [6.45, 7) is 4.21. The molecular formula is C15H18BrNOS. The monoisotopic (exact) mass is 339 g/mol. The largest absolute Gasteiger partial charge is 0.496 e. The van der Waals surface area contributed by atoms with E-state index in [2.05, 4.69) is 58.7 Å². The lowest BCUT2D eigenvalue weighted by atomic mass is 9.96. The summed E-state index contributed by atoms with van der Waals surface area (Å²) in [6, 6.07) is 6.60. The molecule has 1 unspecified atom stereocenters. The van der Waals surface area contributed by atoms with Gasteiger partial charge in [0.05, 0.1) is 16.9 Å². The first kappa shape index (κ1) is 14.6. The van der Waals surface area contributed by atoms with E-state index in [1.165, 1.54) is 22.3 Å². The summed E-state index contributed by atoms with van der Waals surface area (Å²) in [6.07, 6.45) is 0. The molecule has 0 aliphatic heterocycles. The molecule has 1 N–H and O–H groups in total. The highest BCUT2D eigenvalue weighted by atomic mass is 79.9. The van der Waals surface area contributed by atoms with Gasteiger partial charge < -0.3 is 10.1 Å². The van der Waals surface area contributed by atoms with Crippen molar-refractivity contribution in [2.45, 2.75) is 19.9 Å². The van der Waals surface area contributed by atoms with Crippen LogP contribution in [0, 0.1) is 13.8 Å². The lowest BCUT2D eigenvalue weighted by Crippen LogP contribution is -2.18. The molecule has 102 valence electrons. The fourth-order valence-electron chi connectivity index (χ4n) is 2.29. The van der Waals surface area contributed by atoms with E-state index in [1.807, 2.05) is 7.05 Å². The van der Waals surface area contributed by atoms with Crippen LogP contribution < -0.4 is 10.1 Å². The number of benzene rings is 1. The third-order valence-corrected chi connectivity index (χ3v) is 4.95. The predicted octanol–water partition coefficient (Wildman–Crippen LogP) is 4.44. The normalized spacial score (nSPS) is 12.5. The van der Waals surface area contributed by atoms with Gasteiger partial charge in [0, 0.05) is 5.56 Å². The molecule has 1 aromatic carbocycles. The van der Waals surface area contributed by atoms with Crippen LogP contribution in [0.5, 0.6) is 5.75 Å². The molecule has 0 bridgehead atoms. The van der Waals surface area contributed by atoms with E-state index in [9.17, 15) is 0 Å². The molecule has 19 heavy (non-hydrogen) atoms. The van der Waals surface area contributed by atoms with Gasteiger partial charge in [0.25, 0.3) is 0 Å². The molecule has 0 fully saturated rings. The lowest BCUT2D eigenvalue weighted by molar-refractivity contribution is 0.402. The Morgan fingerprint density at radius 1 is 1.32 bits per heavy atom. The van der Waals surface area contributed by atoms with Crippen molar-refractivity contribution in [2.24, 2.45) is 0 Å². The summed E-state index contributed by atoms with van der Waals surface area (Å²) in [5.41, 5.74) is 4.89. The SMILES string of the molecule is CNC(c1csc(Br)c1)c1ccc(C)c(C)c1OC. The van der Waals surface area contributed by atoms with Crippen LogP contribution in [0.15, 0.2) is 27.4 Å². The topological polar surface area (TPSA) is 21.3 Å². The summed E-state index contributed by atoms with van der Waals surface area (Å²) >= 11 is 5.22. The molecule has 0 radical (unpaired) electrons. The number of halogens is 1. The second-order valence-corrected chi connectivity index (χ2v) is 6.83. The van der Waals surface area contributed by atoms with Crippen LogP contribution >= 0.6 is 27.3 Å². The number of rotatable bonds is 4. The van der Waals surface area contributed by atoms with Crippen LogP contribution in [0.25, 0.3) is 0 Å². The average molecular weight is 340 g/mol. The number of methoxy groups -OCH3 is 1. The lowest BCUT2D eigenvalue weighted by Gasteiger charge is -2.21. The molecule has 2 aromatic rings. The summed E-state index contributed by atoms with van der Waals surface area (Å²) in [5, 5.41) is 5.54. The van der Waals surface area contributed by atoms with Gasteiger partial charge in [-0.25, -0.2) is 0 Å². The van der Waals surface area contributed by atoms with Crippen molar-refractivity contribution in [1.29, 1.82) is 0 Å². The molecule has 0 spiro atoms. The highest BCUT2D eigenvalue weighted by molar-refractivity contribution is 9.11. The Morgan fingerprint density at radius 2 is 2.05 bits per heavy atom. The number of hydrogen-bond donors (Lipinski definition) is 1. The highest BCUT2D eigenvalue weighted by Crippen LogP contribution is 2.36. The Labute approximate surface area is 126 Å².